The highest BCUT2D eigenvalue weighted by atomic mass is 19.1. The van der Waals surface area contributed by atoms with Crippen LogP contribution < -0.4 is 5.73 Å². The summed E-state index contributed by atoms with van der Waals surface area (Å²) in [4.78, 5) is 14.7. The quantitative estimate of drug-likeness (QED) is 0.686. The summed E-state index contributed by atoms with van der Waals surface area (Å²) in [6.07, 6.45) is 3.52. The fraction of sp³-hybridized carbons (Fsp3) is 0.333. The number of nitrogens with zero attached hydrogens (tertiary/aromatic N) is 3. The Kier molecular flexibility index (Phi) is 5.64. The minimum absolute atomic E-state index is 0.260. The molecule has 0 radical (unpaired) electrons. The van der Waals surface area contributed by atoms with Crippen LogP contribution in [0.2, 0.25) is 0 Å². The van der Waals surface area contributed by atoms with Gasteiger partial charge >= 0.3 is 0 Å². The number of hydrogen-bond acceptors (Lipinski definition) is 5. The van der Waals surface area contributed by atoms with Crippen molar-refractivity contribution in [2.75, 3.05) is 38.6 Å². The van der Waals surface area contributed by atoms with Gasteiger partial charge in [-0.2, -0.15) is 0 Å². The van der Waals surface area contributed by atoms with Gasteiger partial charge in [-0.15, -0.1) is 0 Å². The Morgan fingerprint density at radius 2 is 1.89 bits per heavy atom. The van der Waals surface area contributed by atoms with E-state index in [4.69, 9.17) is 15.5 Å². The lowest BCUT2D eigenvalue weighted by molar-refractivity contribution is 0.0374. The number of aromatic amines is 1. The molecule has 0 saturated carbocycles. The standard InChI is InChI=1S/C21H24FN5O/c22-17-5-3-15(4-6-17)20-21(16-7-8-24-18(23)14-16)26-19(25-20)2-1-9-27-10-12-28-13-11-27/h3-8,14H,1-2,9-13H2,(H2,23,24)(H,25,26). The van der Waals surface area contributed by atoms with Crippen LogP contribution >= 0.6 is 0 Å². The van der Waals surface area contributed by atoms with Crippen LogP contribution in [-0.2, 0) is 11.2 Å². The Morgan fingerprint density at radius 3 is 2.64 bits per heavy atom. The highest BCUT2D eigenvalue weighted by Gasteiger charge is 2.16. The Balaban J connectivity index is 1.57. The summed E-state index contributed by atoms with van der Waals surface area (Å²) in [5.41, 5.74) is 9.31. The number of nitrogen functional groups attached to an aromatic ring is 1. The zero-order valence-corrected chi connectivity index (χ0v) is 15.7. The molecule has 3 aromatic rings. The molecule has 3 N–H and O–H groups in total. The Labute approximate surface area is 163 Å². The van der Waals surface area contributed by atoms with Crippen LogP contribution in [0.5, 0.6) is 0 Å². The minimum atomic E-state index is -0.260. The summed E-state index contributed by atoms with van der Waals surface area (Å²) < 4.78 is 18.8. The number of rotatable bonds is 6. The number of nitrogens with two attached hydrogens (primary N) is 1. The third-order valence-electron chi connectivity index (χ3n) is 4.93. The normalized spacial score (nSPS) is 15.0. The van der Waals surface area contributed by atoms with E-state index in [1.54, 1.807) is 24.4 Å². The number of hydrogen-bond donors (Lipinski definition) is 2. The van der Waals surface area contributed by atoms with E-state index in [1.807, 2.05) is 6.07 Å². The van der Waals surface area contributed by atoms with E-state index in [9.17, 15) is 4.39 Å². The van der Waals surface area contributed by atoms with Crippen LogP contribution in [0.1, 0.15) is 12.2 Å². The SMILES string of the molecule is Nc1cc(-c2nc(CCCN3CCOCC3)[nH]c2-c2ccc(F)cc2)ccn1. The molecule has 0 amide bonds. The first kappa shape index (κ1) is 18.6. The number of aryl methyl sites for hydroxylation is 1. The van der Waals surface area contributed by atoms with Crippen LogP contribution in [0, 0.1) is 5.82 Å². The molecular formula is C21H24FN5O. The maximum absolute atomic E-state index is 13.4. The zero-order valence-electron chi connectivity index (χ0n) is 15.7. The lowest BCUT2D eigenvalue weighted by Crippen LogP contribution is -2.36. The van der Waals surface area contributed by atoms with Crippen molar-refractivity contribution in [2.24, 2.45) is 0 Å². The van der Waals surface area contributed by atoms with Gasteiger partial charge in [0.1, 0.15) is 17.5 Å². The van der Waals surface area contributed by atoms with Gasteiger partial charge in [-0.1, -0.05) is 0 Å². The number of H-pyrrole nitrogens is 1. The number of halogens is 1. The average molecular weight is 381 g/mol. The molecule has 2 aromatic heterocycles. The maximum Gasteiger partial charge on any atom is 0.123 e. The molecule has 1 saturated heterocycles. The second-order valence-electron chi connectivity index (χ2n) is 6.94. The molecule has 1 aromatic carbocycles. The van der Waals surface area contributed by atoms with Gasteiger partial charge in [-0.05, 0) is 49.4 Å². The van der Waals surface area contributed by atoms with Gasteiger partial charge in [0.2, 0.25) is 0 Å². The van der Waals surface area contributed by atoms with E-state index in [0.29, 0.717) is 5.82 Å². The molecule has 1 aliphatic heterocycles. The van der Waals surface area contributed by atoms with Crippen molar-refractivity contribution in [3.05, 3.63) is 54.2 Å². The number of imidazole rings is 1. The van der Waals surface area contributed by atoms with Crippen molar-refractivity contribution >= 4 is 5.82 Å². The third kappa shape index (κ3) is 4.37. The molecule has 0 unspecified atom stereocenters. The summed E-state index contributed by atoms with van der Waals surface area (Å²) in [5, 5.41) is 0. The molecule has 0 spiro atoms. The second-order valence-corrected chi connectivity index (χ2v) is 6.94. The molecule has 0 bridgehead atoms. The van der Waals surface area contributed by atoms with Crippen LogP contribution in [0.4, 0.5) is 10.2 Å². The summed E-state index contributed by atoms with van der Waals surface area (Å²) in [7, 11) is 0. The number of anilines is 1. The molecule has 0 aliphatic carbocycles. The van der Waals surface area contributed by atoms with Crippen molar-refractivity contribution in [1.29, 1.82) is 0 Å². The van der Waals surface area contributed by atoms with E-state index >= 15 is 0 Å². The molecule has 7 heteroatoms. The third-order valence-corrected chi connectivity index (χ3v) is 4.93. The molecular weight excluding hydrogens is 357 g/mol. The molecule has 6 nitrogen and oxygen atoms in total. The zero-order chi connectivity index (χ0) is 19.3. The molecule has 0 atom stereocenters. The van der Waals surface area contributed by atoms with Crippen LogP contribution in [-0.4, -0.2) is 52.7 Å². The molecule has 28 heavy (non-hydrogen) atoms. The summed E-state index contributed by atoms with van der Waals surface area (Å²) in [6.45, 7) is 4.61. The minimum Gasteiger partial charge on any atom is -0.384 e. The Morgan fingerprint density at radius 1 is 1.11 bits per heavy atom. The summed E-state index contributed by atoms with van der Waals surface area (Å²) >= 11 is 0. The van der Waals surface area contributed by atoms with Crippen LogP contribution in [0.3, 0.4) is 0 Å². The second kappa shape index (κ2) is 8.50. The summed E-state index contributed by atoms with van der Waals surface area (Å²) in [6, 6.07) is 10.1. The van der Waals surface area contributed by atoms with Gasteiger partial charge in [-0.3, -0.25) is 4.90 Å². The van der Waals surface area contributed by atoms with Crippen molar-refractivity contribution in [3.8, 4) is 22.5 Å². The van der Waals surface area contributed by atoms with E-state index in [1.165, 1.54) is 12.1 Å². The fourth-order valence-corrected chi connectivity index (χ4v) is 3.47. The van der Waals surface area contributed by atoms with Crippen molar-refractivity contribution in [3.63, 3.8) is 0 Å². The van der Waals surface area contributed by atoms with E-state index in [0.717, 1.165) is 74.0 Å². The monoisotopic (exact) mass is 381 g/mol. The number of benzene rings is 1. The van der Waals surface area contributed by atoms with Crippen molar-refractivity contribution in [1.82, 2.24) is 19.9 Å². The van der Waals surface area contributed by atoms with E-state index in [-0.39, 0.29) is 5.82 Å². The van der Waals surface area contributed by atoms with Crippen molar-refractivity contribution < 1.29 is 9.13 Å². The number of morpholine rings is 1. The van der Waals surface area contributed by atoms with Gasteiger partial charge in [-0.25, -0.2) is 14.4 Å². The first-order valence-corrected chi connectivity index (χ1v) is 9.56. The lowest BCUT2D eigenvalue weighted by Gasteiger charge is -2.26. The predicted octanol–water partition coefficient (Wildman–Crippen LogP) is 3.12. The number of pyridine rings is 1. The molecule has 4 rings (SSSR count). The van der Waals surface area contributed by atoms with Crippen molar-refractivity contribution in [2.45, 2.75) is 12.8 Å². The molecule has 146 valence electrons. The molecule has 3 heterocycles. The highest BCUT2D eigenvalue weighted by Crippen LogP contribution is 2.31. The Bertz CT molecular complexity index is 919. The largest absolute Gasteiger partial charge is 0.384 e. The maximum atomic E-state index is 13.4. The van der Waals surface area contributed by atoms with E-state index in [2.05, 4.69) is 14.9 Å². The average Bonchev–Trinajstić information content (AvgIpc) is 3.14. The topological polar surface area (TPSA) is 80.1 Å². The van der Waals surface area contributed by atoms with Gasteiger partial charge in [0.15, 0.2) is 0 Å². The predicted molar refractivity (Wildman–Crippen MR) is 107 cm³/mol. The van der Waals surface area contributed by atoms with Crippen LogP contribution in [0.25, 0.3) is 22.5 Å². The number of aromatic nitrogens is 3. The van der Waals surface area contributed by atoms with Gasteiger partial charge < -0.3 is 15.5 Å². The Hall–Kier alpha value is -2.77. The molecule has 1 fully saturated rings. The van der Waals surface area contributed by atoms with Gasteiger partial charge in [0.05, 0.1) is 24.6 Å². The lowest BCUT2D eigenvalue weighted by atomic mass is 10.1. The first-order valence-electron chi connectivity index (χ1n) is 9.56. The fourth-order valence-electron chi connectivity index (χ4n) is 3.47. The highest BCUT2D eigenvalue weighted by molar-refractivity contribution is 5.79. The number of nitrogens with one attached hydrogen (secondary N) is 1. The summed E-state index contributed by atoms with van der Waals surface area (Å²) in [5.74, 6) is 1.10. The smallest absolute Gasteiger partial charge is 0.123 e. The van der Waals surface area contributed by atoms with Gasteiger partial charge in [0, 0.05) is 36.8 Å². The van der Waals surface area contributed by atoms with Gasteiger partial charge in [0.25, 0.3) is 0 Å². The first-order chi connectivity index (χ1) is 13.7. The van der Waals surface area contributed by atoms with E-state index < -0.39 is 0 Å². The number of ether oxygens (including phenoxy) is 1. The van der Waals surface area contributed by atoms with Crippen LogP contribution in [0.15, 0.2) is 42.6 Å². The molecule has 1 aliphatic rings.